The Bertz CT molecular complexity index is 1010. The molecule has 32 heavy (non-hydrogen) atoms. The second-order valence-corrected chi connectivity index (χ2v) is 8.68. The number of aryl methyl sites for hydroxylation is 1. The molecule has 0 radical (unpaired) electrons. The number of hydrogen-bond donors (Lipinski definition) is 2. The predicted octanol–water partition coefficient (Wildman–Crippen LogP) is 5.85. The summed E-state index contributed by atoms with van der Waals surface area (Å²) < 4.78 is 41.9. The van der Waals surface area contributed by atoms with E-state index in [0.717, 1.165) is 16.7 Å². The first-order chi connectivity index (χ1) is 15.1. The lowest BCUT2D eigenvalue weighted by atomic mass is 9.97. The lowest BCUT2D eigenvalue weighted by Gasteiger charge is -2.28. The first kappa shape index (κ1) is 24.1. The van der Waals surface area contributed by atoms with E-state index in [9.17, 15) is 23.2 Å². The van der Waals surface area contributed by atoms with E-state index >= 15 is 0 Å². The van der Waals surface area contributed by atoms with Gasteiger partial charge >= 0.3 is 6.18 Å². The zero-order chi connectivity index (χ0) is 23.5. The van der Waals surface area contributed by atoms with E-state index in [1.807, 2.05) is 19.1 Å². The van der Waals surface area contributed by atoms with Gasteiger partial charge in [-0.15, -0.1) is 0 Å². The maximum Gasteiger partial charge on any atom is 0.407 e. The Balaban J connectivity index is 1.84. The summed E-state index contributed by atoms with van der Waals surface area (Å²) in [6, 6.07) is 10.4. The molecule has 2 aromatic rings. The summed E-state index contributed by atoms with van der Waals surface area (Å²) in [7, 11) is 0. The van der Waals surface area contributed by atoms with E-state index in [1.54, 1.807) is 31.2 Å². The van der Waals surface area contributed by atoms with Crippen LogP contribution in [0.4, 0.5) is 13.2 Å². The van der Waals surface area contributed by atoms with Crippen molar-refractivity contribution in [2.75, 3.05) is 0 Å². The largest absolute Gasteiger partial charge is 0.407 e. The second-order valence-electron chi connectivity index (χ2n) is 8.25. The van der Waals surface area contributed by atoms with Crippen molar-refractivity contribution in [3.8, 4) is 17.2 Å². The lowest BCUT2D eigenvalue weighted by Crippen LogP contribution is -2.51. The van der Waals surface area contributed by atoms with Crippen LogP contribution in [-0.4, -0.2) is 23.7 Å². The minimum atomic E-state index is -4.60. The van der Waals surface area contributed by atoms with E-state index in [-0.39, 0.29) is 12.0 Å². The van der Waals surface area contributed by atoms with Crippen molar-refractivity contribution in [2.24, 2.45) is 0 Å². The SMILES string of the molecule is CCC[C@H](N[C@@H](c1ccc(-c2ccc(Cl)cc2C)cc1)C(F)(F)F)C(=O)NC1(C#N)CC1. The zero-order valence-corrected chi connectivity index (χ0v) is 18.6. The van der Waals surface area contributed by atoms with E-state index < -0.39 is 29.7 Å². The molecule has 0 aliphatic heterocycles. The number of carbonyl (C=O) groups is 1. The number of carbonyl (C=O) groups excluding carboxylic acids is 1. The summed E-state index contributed by atoms with van der Waals surface area (Å²) >= 11 is 5.99. The van der Waals surface area contributed by atoms with Gasteiger partial charge in [0.15, 0.2) is 0 Å². The third kappa shape index (κ3) is 5.62. The molecule has 8 heteroatoms. The quantitative estimate of drug-likeness (QED) is 0.516. The molecule has 2 N–H and O–H groups in total. The summed E-state index contributed by atoms with van der Waals surface area (Å²) in [4.78, 5) is 12.6. The first-order valence-corrected chi connectivity index (χ1v) is 10.9. The molecular weight excluding hydrogens is 439 g/mol. The number of nitrogens with one attached hydrogen (secondary N) is 2. The molecule has 1 aliphatic rings. The van der Waals surface area contributed by atoms with Gasteiger partial charge in [-0.1, -0.05) is 55.3 Å². The number of halogens is 4. The highest BCUT2D eigenvalue weighted by atomic mass is 35.5. The van der Waals surface area contributed by atoms with Gasteiger partial charge < -0.3 is 5.32 Å². The van der Waals surface area contributed by atoms with Crippen molar-refractivity contribution in [2.45, 2.75) is 63.3 Å². The van der Waals surface area contributed by atoms with Gasteiger partial charge in [-0.25, -0.2) is 0 Å². The molecule has 2 atom stereocenters. The normalized spacial score (nSPS) is 16.7. The third-order valence-electron chi connectivity index (χ3n) is 5.66. The van der Waals surface area contributed by atoms with Crippen molar-refractivity contribution in [1.29, 1.82) is 5.26 Å². The molecule has 0 saturated heterocycles. The number of benzene rings is 2. The van der Waals surface area contributed by atoms with Crippen molar-refractivity contribution in [3.05, 3.63) is 58.6 Å². The molecular formula is C24H25ClF3N3O. The zero-order valence-electron chi connectivity index (χ0n) is 17.9. The molecule has 0 heterocycles. The Labute approximate surface area is 190 Å². The minimum Gasteiger partial charge on any atom is -0.336 e. The summed E-state index contributed by atoms with van der Waals surface area (Å²) in [5.41, 5.74) is 1.66. The molecule has 1 amide bonds. The summed E-state index contributed by atoms with van der Waals surface area (Å²) in [6.07, 6.45) is -2.83. The fourth-order valence-corrected chi connectivity index (χ4v) is 3.91. The van der Waals surface area contributed by atoms with Crippen LogP contribution >= 0.6 is 11.6 Å². The molecule has 0 aromatic heterocycles. The van der Waals surface area contributed by atoms with Crippen LogP contribution in [0.15, 0.2) is 42.5 Å². The number of nitrogens with zero attached hydrogens (tertiary/aromatic N) is 1. The van der Waals surface area contributed by atoms with Gasteiger partial charge in [-0.3, -0.25) is 10.1 Å². The summed E-state index contributed by atoms with van der Waals surface area (Å²) in [6.45, 7) is 3.68. The maximum atomic E-state index is 14.0. The fourth-order valence-electron chi connectivity index (χ4n) is 3.68. The average Bonchev–Trinajstić information content (AvgIpc) is 3.50. The Kier molecular flexibility index (Phi) is 7.16. The molecule has 1 aliphatic carbocycles. The van der Waals surface area contributed by atoms with Crippen molar-refractivity contribution >= 4 is 17.5 Å². The first-order valence-electron chi connectivity index (χ1n) is 10.5. The van der Waals surface area contributed by atoms with Gasteiger partial charge in [-0.2, -0.15) is 18.4 Å². The molecule has 0 unspecified atom stereocenters. The Morgan fingerprint density at radius 2 is 1.88 bits per heavy atom. The van der Waals surface area contributed by atoms with E-state index in [1.165, 1.54) is 12.1 Å². The molecule has 0 spiro atoms. The molecule has 1 saturated carbocycles. The van der Waals surface area contributed by atoms with Crippen molar-refractivity contribution in [1.82, 2.24) is 10.6 Å². The number of alkyl halides is 3. The van der Waals surface area contributed by atoms with Gasteiger partial charge in [0.05, 0.1) is 12.1 Å². The van der Waals surface area contributed by atoms with Crippen LogP contribution < -0.4 is 10.6 Å². The monoisotopic (exact) mass is 463 g/mol. The van der Waals surface area contributed by atoms with Gasteiger partial charge in [0, 0.05) is 5.02 Å². The van der Waals surface area contributed by atoms with Gasteiger partial charge in [0.25, 0.3) is 0 Å². The van der Waals surface area contributed by atoms with Gasteiger partial charge in [0.1, 0.15) is 11.6 Å². The molecule has 4 nitrogen and oxygen atoms in total. The number of nitriles is 1. The molecule has 0 bridgehead atoms. The van der Waals surface area contributed by atoms with Crippen LogP contribution in [0.1, 0.15) is 49.8 Å². The van der Waals surface area contributed by atoms with Crippen LogP contribution in [-0.2, 0) is 4.79 Å². The topological polar surface area (TPSA) is 64.9 Å². The highest BCUT2D eigenvalue weighted by Gasteiger charge is 2.47. The minimum absolute atomic E-state index is 0.0168. The van der Waals surface area contributed by atoms with E-state index in [0.29, 0.717) is 24.3 Å². The summed E-state index contributed by atoms with van der Waals surface area (Å²) in [5.74, 6) is -0.575. The van der Waals surface area contributed by atoms with Crippen LogP contribution in [0, 0.1) is 18.3 Å². The van der Waals surface area contributed by atoms with Crippen LogP contribution in [0.5, 0.6) is 0 Å². The second kappa shape index (κ2) is 9.51. The summed E-state index contributed by atoms with van der Waals surface area (Å²) in [5, 5.41) is 14.9. The lowest BCUT2D eigenvalue weighted by molar-refractivity contribution is -0.161. The van der Waals surface area contributed by atoms with Crippen LogP contribution in [0.2, 0.25) is 5.02 Å². The number of rotatable bonds is 8. The molecule has 170 valence electrons. The Morgan fingerprint density at radius 3 is 2.38 bits per heavy atom. The number of amides is 1. The van der Waals surface area contributed by atoms with Crippen LogP contribution in [0.3, 0.4) is 0 Å². The Hall–Kier alpha value is -2.56. The standard InChI is InChI=1S/C24H25ClF3N3O/c1-3-4-20(22(32)31-23(14-29)11-12-23)30-21(24(26,27)28)17-7-5-16(6-8-17)19-10-9-18(25)13-15(19)2/h5-10,13,20-21,30H,3-4,11-12H2,1-2H3,(H,31,32)/t20-,21-/m0/s1. The van der Waals surface area contributed by atoms with Crippen molar-refractivity contribution < 1.29 is 18.0 Å². The van der Waals surface area contributed by atoms with E-state index in [4.69, 9.17) is 11.6 Å². The predicted molar refractivity (Wildman–Crippen MR) is 118 cm³/mol. The fraction of sp³-hybridized carbons (Fsp3) is 0.417. The van der Waals surface area contributed by atoms with Gasteiger partial charge in [0.2, 0.25) is 5.91 Å². The highest BCUT2D eigenvalue weighted by Crippen LogP contribution is 2.36. The van der Waals surface area contributed by atoms with Crippen molar-refractivity contribution in [3.63, 3.8) is 0 Å². The smallest absolute Gasteiger partial charge is 0.336 e. The van der Waals surface area contributed by atoms with Gasteiger partial charge in [-0.05, 0) is 60.6 Å². The molecule has 3 rings (SSSR count). The molecule has 1 fully saturated rings. The van der Waals surface area contributed by atoms with E-state index in [2.05, 4.69) is 10.6 Å². The maximum absolute atomic E-state index is 14.0. The third-order valence-corrected chi connectivity index (χ3v) is 5.89. The average molecular weight is 464 g/mol. The Morgan fingerprint density at radius 1 is 1.22 bits per heavy atom. The molecule has 2 aromatic carbocycles. The van der Waals surface area contributed by atoms with Crippen LogP contribution in [0.25, 0.3) is 11.1 Å². The highest BCUT2D eigenvalue weighted by molar-refractivity contribution is 6.30. The number of hydrogen-bond acceptors (Lipinski definition) is 3.